The Morgan fingerprint density at radius 3 is 1.47 bits per heavy atom. The third-order valence-electron chi connectivity index (χ3n) is 5.44. The van der Waals surface area contributed by atoms with Gasteiger partial charge in [-0.25, -0.2) is 0 Å². The number of anilines is 5. The summed E-state index contributed by atoms with van der Waals surface area (Å²) in [7, 11) is 2.11. The molecule has 0 saturated carbocycles. The second-order valence-corrected chi connectivity index (χ2v) is 7.92. The van der Waals surface area contributed by atoms with Crippen LogP contribution in [0.1, 0.15) is 16.7 Å². The van der Waals surface area contributed by atoms with Crippen LogP contribution in [0.4, 0.5) is 28.4 Å². The first-order valence-corrected chi connectivity index (χ1v) is 10.4. The van der Waals surface area contributed by atoms with Crippen LogP contribution in [0.2, 0.25) is 0 Å². The number of nitrogens with zero attached hydrogens (tertiary/aromatic N) is 2. The van der Waals surface area contributed by atoms with Gasteiger partial charge in [0.2, 0.25) is 0 Å². The highest BCUT2D eigenvalue weighted by atomic mass is 15.1. The first-order chi connectivity index (χ1) is 14.5. The topological polar surface area (TPSA) is 6.48 Å². The van der Waals surface area contributed by atoms with Crippen LogP contribution in [-0.2, 0) is 0 Å². The molecule has 2 nitrogen and oxygen atoms in total. The summed E-state index contributed by atoms with van der Waals surface area (Å²) in [6.45, 7) is 6.38. The quantitative estimate of drug-likeness (QED) is 0.341. The van der Waals surface area contributed by atoms with E-state index in [-0.39, 0.29) is 0 Å². The van der Waals surface area contributed by atoms with E-state index in [1.165, 1.54) is 28.1 Å². The Kier molecular flexibility index (Phi) is 5.58. The van der Waals surface area contributed by atoms with Crippen molar-refractivity contribution >= 4 is 28.4 Å². The maximum Gasteiger partial charge on any atom is 0.0464 e. The molecule has 0 bridgehead atoms. The van der Waals surface area contributed by atoms with Crippen molar-refractivity contribution in [2.75, 3.05) is 16.8 Å². The molecule has 0 atom stereocenters. The number of aryl methyl sites for hydroxylation is 3. The molecule has 4 aromatic carbocycles. The molecule has 0 amide bonds. The molecule has 0 aliphatic heterocycles. The van der Waals surface area contributed by atoms with Crippen molar-refractivity contribution in [1.29, 1.82) is 0 Å². The van der Waals surface area contributed by atoms with Gasteiger partial charge in [0.25, 0.3) is 0 Å². The Labute approximate surface area is 180 Å². The number of hydrogen-bond acceptors (Lipinski definition) is 2. The predicted octanol–water partition coefficient (Wildman–Crippen LogP) is 7.85. The SMILES string of the molecule is Cc1ccc(N(c2ccc(N(C)c3cccc(C)c3)cc2)c2cccc(C)c2)cc1. The van der Waals surface area contributed by atoms with Crippen LogP contribution in [0.25, 0.3) is 0 Å². The van der Waals surface area contributed by atoms with Gasteiger partial charge in [0.05, 0.1) is 0 Å². The number of hydrogen-bond donors (Lipinski definition) is 0. The molecule has 0 aliphatic carbocycles. The summed E-state index contributed by atoms with van der Waals surface area (Å²) in [5.41, 5.74) is 9.60. The van der Waals surface area contributed by atoms with Crippen LogP contribution in [0.5, 0.6) is 0 Å². The zero-order valence-corrected chi connectivity index (χ0v) is 18.1. The maximum absolute atomic E-state index is 2.31. The summed E-state index contributed by atoms with van der Waals surface area (Å²) in [6.07, 6.45) is 0. The highest BCUT2D eigenvalue weighted by molar-refractivity contribution is 5.78. The van der Waals surface area contributed by atoms with E-state index in [1.54, 1.807) is 0 Å². The molecule has 4 aromatic rings. The second-order valence-electron chi connectivity index (χ2n) is 7.92. The van der Waals surface area contributed by atoms with Gasteiger partial charge in [-0.1, -0.05) is 42.0 Å². The molecular weight excluding hydrogens is 364 g/mol. The standard InChI is InChI=1S/C28H28N2/c1-21-11-13-25(14-12-21)30(28-10-6-8-23(3)20-28)26-17-15-24(16-18-26)29(4)27-9-5-7-22(2)19-27/h5-20H,1-4H3. The van der Waals surface area contributed by atoms with Crippen molar-refractivity contribution in [1.82, 2.24) is 0 Å². The minimum atomic E-state index is 1.14. The zero-order chi connectivity index (χ0) is 21.1. The molecule has 150 valence electrons. The maximum atomic E-state index is 2.31. The van der Waals surface area contributed by atoms with Gasteiger partial charge in [-0.15, -0.1) is 0 Å². The van der Waals surface area contributed by atoms with Crippen LogP contribution >= 0.6 is 0 Å². The van der Waals surface area contributed by atoms with Crippen LogP contribution < -0.4 is 9.80 Å². The predicted molar refractivity (Wildman–Crippen MR) is 130 cm³/mol. The van der Waals surface area contributed by atoms with Crippen molar-refractivity contribution in [3.63, 3.8) is 0 Å². The molecule has 0 unspecified atom stereocenters. The second kappa shape index (κ2) is 8.46. The summed E-state index contributed by atoms with van der Waals surface area (Å²) in [5, 5.41) is 0. The fourth-order valence-electron chi connectivity index (χ4n) is 3.72. The first-order valence-electron chi connectivity index (χ1n) is 10.4. The molecule has 0 aromatic heterocycles. The van der Waals surface area contributed by atoms with Crippen LogP contribution in [0.15, 0.2) is 97.1 Å². The van der Waals surface area contributed by atoms with E-state index >= 15 is 0 Å². The monoisotopic (exact) mass is 392 g/mol. The average molecular weight is 393 g/mol. The molecule has 0 N–H and O–H groups in total. The Morgan fingerprint density at radius 1 is 0.433 bits per heavy atom. The van der Waals surface area contributed by atoms with E-state index in [2.05, 4.69) is 135 Å². The van der Waals surface area contributed by atoms with Crippen molar-refractivity contribution in [2.45, 2.75) is 20.8 Å². The lowest BCUT2D eigenvalue weighted by molar-refractivity contribution is 1.19. The molecule has 2 heteroatoms. The Hall–Kier alpha value is -3.52. The van der Waals surface area contributed by atoms with Crippen LogP contribution in [-0.4, -0.2) is 7.05 Å². The van der Waals surface area contributed by atoms with E-state index in [0.717, 1.165) is 17.1 Å². The fourth-order valence-corrected chi connectivity index (χ4v) is 3.72. The third-order valence-corrected chi connectivity index (χ3v) is 5.44. The highest BCUT2D eigenvalue weighted by Crippen LogP contribution is 2.36. The van der Waals surface area contributed by atoms with E-state index in [9.17, 15) is 0 Å². The fraction of sp³-hybridized carbons (Fsp3) is 0.143. The van der Waals surface area contributed by atoms with Crippen molar-refractivity contribution < 1.29 is 0 Å². The normalized spacial score (nSPS) is 10.7. The van der Waals surface area contributed by atoms with E-state index < -0.39 is 0 Å². The molecule has 0 heterocycles. The Morgan fingerprint density at radius 2 is 0.900 bits per heavy atom. The van der Waals surface area contributed by atoms with Gasteiger partial charge in [0.1, 0.15) is 0 Å². The van der Waals surface area contributed by atoms with E-state index in [0.29, 0.717) is 0 Å². The summed E-state index contributed by atoms with van der Waals surface area (Å²) in [5.74, 6) is 0. The van der Waals surface area contributed by atoms with Crippen molar-refractivity contribution in [3.8, 4) is 0 Å². The van der Waals surface area contributed by atoms with Gasteiger partial charge in [-0.05, 0) is 92.6 Å². The highest BCUT2D eigenvalue weighted by Gasteiger charge is 2.13. The molecule has 0 spiro atoms. The molecule has 30 heavy (non-hydrogen) atoms. The Balaban J connectivity index is 1.71. The Bertz CT molecular complexity index is 1130. The largest absolute Gasteiger partial charge is 0.345 e. The van der Waals surface area contributed by atoms with E-state index in [4.69, 9.17) is 0 Å². The molecule has 0 radical (unpaired) electrons. The lowest BCUT2D eigenvalue weighted by atomic mass is 10.1. The number of rotatable bonds is 5. The van der Waals surface area contributed by atoms with Gasteiger partial charge in [-0.3, -0.25) is 0 Å². The lowest BCUT2D eigenvalue weighted by Gasteiger charge is -2.27. The molecule has 0 saturated heterocycles. The van der Waals surface area contributed by atoms with Crippen LogP contribution in [0, 0.1) is 20.8 Å². The van der Waals surface area contributed by atoms with Crippen molar-refractivity contribution in [3.05, 3.63) is 114 Å². The molecule has 0 fully saturated rings. The lowest BCUT2D eigenvalue weighted by Crippen LogP contribution is -2.12. The summed E-state index contributed by atoms with van der Waals surface area (Å²) in [6, 6.07) is 34.7. The zero-order valence-electron chi connectivity index (χ0n) is 18.1. The van der Waals surface area contributed by atoms with Gasteiger partial charge in [0.15, 0.2) is 0 Å². The molecule has 4 rings (SSSR count). The van der Waals surface area contributed by atoms with Crippen LogP contribution in [0.3, 0.4) is 0 Å². The average Bonchev–Trinajstić information content (AvgIpc) is 2.75. The number of benzene rings is 4. The summed E-state index contributed by atoms with van der Waals surface area (Å²) in [4.78, 5) is 4.53. The minimum absolute atomic E-state index is 1.14. The van der Waals surface area contributed by atoms with Gasteiger partial charge >= 0.3 is 0 Å². The minimum Gasteiger partial charge on any atom is -0.345 e. The van der Waals surface area contributed by atoms with Gasteiger partial charge in [0, 0.05) is 35.5 Å². The first kappa shape index (κ1) is 19.8. The third kappa shape index (κ3) is 4.23. The smallest absolute Gasteiger partial charge is 0.0464 e. The van der Waals surface area contributed by atoms with E-state index in [1.807, 2.05) is 0 Å². The molecule has 0 aliphatic rings. The van der Waals surface area contributed by atoms with Gasteiger partial charge in [-0.2, -0.15) is 0 Å². The summed E-state index contributed by atoms with van der Waals surface area (Å²) >= 11 is 0. The van der Waals surface area contributed by atoms with Crippen molar-refractivity contribution in [2.24, 2.45) is 0 Å². The van der Waals surface area contributed by atoms with Gasteiger partial charge < -0.3 is 9.80 Å². The molecular formula is C28H28N2. The summed E-state index contributed by atoms with van der Waals surface area (Å²) < 4.78 is 0.